The smallest absolute Gasteiger partial charge is 0.318 e. The van der Waals surface area contributed by atoms with Gasteiger partial charge in [-0.25, -0.2) is 0 Å². The van der Waals surface area contributed by atoms with Crippen molar-refractivity contribution in [1.82, 2.24) is 0 Å². The standard InChI is InChI=1S/C11H12Cl2O2S/c1-7(11(14)15-2)16-6-8-9(12)4-3-5-10(8)13/h3-5,7H,6H2,1-2H3. The molecule has 0 bridgehead atoms. The maximum absolute atomic E-state index is 11.2. The van der Waals surface area contributed by atoms with Crippen molar-refractivity contribution in [2.24, 2.45) is 0 Å². The number of thioether (sulfide) groups is 1. The second-order valence-corrected chi connectivity index (χ2v) is 5.32. The summed E-state index contributed by atoms with van der Waals surface area (Å²) in [4.78, 5) is 11.2. The van der Waals surface area contributed by atoms with Crippen molar-refractivity contribution in [2.75, 3.05) is 7.11 Å². The summed E-state index contributed by atoms with van der Waals surface area (Å²) in [5.41, 5.74) is 0.853. The van der Waals surface area contributed by atoms with Gasteiger partial charge in [-0.3, -0.25) is 4.79 Å². The van der Waals surface area contributed by atoms with Crippen LogP contribution in [-0.4, -0.2) is 18.3 Å². The maximum Gasteiger partial charge on any atom is 0.318 e. The molecule has 0 radical (unpaired) electrons. The minimum atomic E-state index is -0.242. The summed E-state index contributed by atoms with van der Waals surface area (Å²) in [5, 5.41) is 1.02. The van der Waals surface area contributed by atoms with Crippen LogP contribution in [0.4, 0.5) is 0 Å². The minimum absolute atomic E-state index is 0.225. The first-order valence-corrected chi connectivity index (χ1v) is 6.49. The summed E-state index contributed by atoms with van der Waals surface area (Å²) in [6.45, 7) is 1.79. The third-order valence-corrected chi connectivity index (χ3v) is 3.93. The molecule has 0 saturated heterocycles. The molecule has 0 amide bonds. The van der Waals surface area contributed by atoms with E-state index in [2.05, 4.69) is 4.74 Å². The highest BCUT2D eigenvalue weighted by Gasteiger charge is 2.15. The molecule has 0 aromatic heterocycles. The molecule has 2 nitrogen and oxygen atoms in total. The van der Waals surface area contributed by atoms with Crippen LogP contribution in [0.15, 0.2) is 18.2 Å². The van der Waals surface area contributed by atoms with Gasteiger partial charge in [0, 0.05) is 15.8 Å². The number of esters is 1. The van der Waals surface area contributed by atoms with Gasteiger partial charge in [-0.1, -0.05) is 29.3 Å². The van der Waals surface area contributed by atoms with Crippen molar-refractivity contribution in [3.8, 4) is 0 Å². The predicted octanol–water partition coefficient (Wildman–Crippen LogP) is 3.79. The monoisotopic (exact) mass is 278 g/mol. The van der Waals surface area contributed by atoms with Crippen molar-refractivity contribution in [3.63, 3.8) is 0 Å². The lowest BCUT2D eigenvalue weighted by Crippen LogP contribution is -2.14. The van der Waals surface area contributed by atoms with Gasteiger partial charge >= 0.3 is 5.97 Å². The molecule has 0 heterocycles. The summed E-state index contributed by atoms with van der Waals surface area (Å²) in [7, 11) is 1.38. The zero-order valence-corrected chi connectivity index (χ0v) is 11.3. The molecule has 0 spiro atoms. The number of hydrogen-bond acceptors (Lipinski definition) is 3. The Morgan fingerprint density at radius 2 is 2.00 bits per heavy atom. The summed E-state index contributed by atoms with van der Waals surface area (Å²) in [6, 6.07) is 5.36. The third kappa shape index (κ3) is 3.58. The summed E-state index contributed by atoms with van der Waals surface area (Å²) < 4.78 is 4.64. The Morgan fingerprint density at radius 1 is 1.44 bits per heavy atom. The fourth-order valence-corrected chi connectivity index (χ4v) is 2.76. The van der Waals surface area contributed by atoms with Crippen LogP contribution >= 0.6 is 35.0 Å². The SMILES string of the molecule is COC(=O)C(C)SCc1c(Cl)cccc1Cl. The van der Waals surface area contributed by atoms with Gasteiger partial charge in [0.2, 0.25) is 0 Å². The van der Waals surface area contributed by atoms with E-state index in [1.54, 1.807) is 25.1 Å². The van der Waals surface area contributed by atoms with Crippen LogP contribution in [0.25, 0.3) is 0 Å². The molecule has 0 N–H and O–H groups in total. The molecule has 0 aliphatic carbocycles. The zero-order chi connectivity index (χ0) is 12.1. The molecule has 0 fully saturated rings. The van der Waals surface area contributed by atoms with Crippen molar-refractivity contribution >= 4 is 40.9 Å². The van der Waals surface area contributed by atoms with E-state index in [1.807, 2.05) is 0 Å². The molecule has 0 aliphatic heterocycles. The van der Waals surface area contributed by atoms with Crippen LogP contribution in [0.2, 0.25) is 10.0 Å². The van der Waals surface area contributed by atoms with Gasteiger partial charge in [0.05, 0.1) is 12.4 Å². The van der Waals surface area contributed by atoms with E-state index in [1.165, 1.54) is 18.9 Å². The highest BCUT2D eigenvalue weighted by atomic mass is 35.5. The lowest BCUT2D eigenvalue weighted by atomic mass is 10.2. The molecule has 1 aromatic carbocycles. The third-order valence-electron chi connectivity index (χ3n) is 2.07. The number of hydrogen-bond donors (Lipinski definition) is 0. The number of carbonyl (C=O) groups is 1. The molecular formula is C11H12Cl2O2S. The Balaban J connectivity index is 2.64. The first-order valence-electron chi connectivity index (χ1n) is 4.68. The minimum Gasteiger partial charge on any atom is -0.468 e. The number of carbonyl (C=O) groups excluding carboxylic acids is 1. The van der Waals surface area contributed by atoms with Crippen molar-refractivity contribution < 1.29 is 9.53 Å². The molecule has 0 saturated carbocycles. The van der Waals surface area contributed by atoms with Crippen LogP contribution in [0.5, 0.6) is 0 Å². The van der Waals surface area contributed by atoms with Gasteiger partial charge in [-0.05, 0) is 24.6 Å². The normalized spacial score (nSPS) is 12.2. The largest absolute Gasteiger partial charge is 0.468 e. The van der Waals surface area contributed by atoms with Crippen LogP contribution < -0.4 is 0 Å². The second kappa shape index (κ2) is 6.38. The Labute approximate surface area is 109 Å². The molecule has 16 heavy (non-hydrogen) atoms. The van der Waals surface area contributed by atoms with Crippen LogP contribution in [0, 0.1) is 0 Å². The van der Waals surface area contributed by atoms with E-state index in [4.69, 9.17) is 23.2 Å². The number of rotatable bonds is 4. The average molecular weight is 279 g/mol. The highest BCUT2D eigenvalue weighted by Crippen LogP contribution is 2.29. The first-order chi connectivity index (χ1) is 7.56. The molecule has 1 aromatic rings. The van der Waals surface area contributed by atoms with Gasteiger partial charge in [-0.15, -0.1) is 11.8 Å². The summed E-state index contributed by atoms with van der Waals surface area (Å²) >= 11 is 13.5. The lowest BCUT2D eigenvalue weighted by molar-refractivity contribution is -0.139. The van der Waals surface area contributed by atoms with Gasteiger partial charge in [0.15, 0.2) is 0 Å². The Morgan fingerprint density at radius 3 is 2.50 bits per heavy atom. The average Bonchev–Trinajstić information content (AvgIpc) is 2.27. The van der Waals surface area contributed by atoms with Gasteiger partial charge in [0.25, 0.3) is 0 Å². The van der Waals surface area contributed by atoms with E-state index in [0.717, 1.165) is 5.56 Å². The van der Waals surface area contributed by atoms with Crippen LogP contribution in [0.3, 0.4) is 0 Å². The zero-order valence-electron chi connectivity index (χ0n) is 9.00. The van der Waals surface area contributed by atoms with Crippen molar-refractivity contribution in [1.29, 1.82) is 0 Å². The molecule has 1 rings (SSSR count). The lowest BCUT2D eigenvalue weighted by Gasteiger charge is -2.10. The molecule has 1 unspecified atom stereocenters. The highest BCUT2D eigenvalue weighted by molar-refractivity contribution is 7.99. The maximum atomic E-state index is 11.2. The molecule has 1 atom stereocenters. The number of ether oxygens (including phenoxy) is 1. The molecule has 5 heteroatoms. The van der Waals surface area contributed by atoms with E-state index in [9.17, 15) is 4.79 Å². The first kappa shape index (κ1) is 13.7. The number of methoxy groups -OCH3 is 1. The van der Waals surface area contributed by atoms with Gasteiger partial charge in [0.1, 0.15) is 0 Å². The Kier molecular flexibility index (Phi) is 5.46. The summed E-state index contributed by atoms with van der Waals surface area (Å²) in [6.07, 6.45) is 0. The van der Waals surface area contributed by atoms with Gasteiger partial charge < -0.3 is 4.74 Å². The summed E-state index contributed by atoms with van der Waals surface area (Å²) in [5.74, 6) is 0.350. The fraction of sp³-hybridized carbons (Fsp3) is 0.364. The fourth-order valence-electron chi connectivity index (χ4n) is 1.11. The quantitative estimate of drug-likeness (QED) is 0.784. The van der Waals surface area contributed by atoms with Gasteiger partial charge in [-0.2, -0.15) is 0 Å². The van der Waals surface area contributed by atoms with E-state index in [-0.39, 0.29) is 11.2 Å². The molecule has 0 aliphatic rings. The van der Waals surface area contributed by atoms with E-state index >= 15 is 0 Å². The second-order valence-electron chi connectivity index (χ2n) is 3.18. The Bertz CT molecular complexity index is 362. The van der Waals surface area contributed by atoms with Crippen LogP contribution in [0.1, 0.15) is 12.5 Å². The van der Waals surface area contributed by atoms with Crippen molar-refractivity contribution in [2.45, 2.75) is 17.9 Å². The van der Waals surface area contributed by atoms with Crippen molar-refractivity contribution in [3.05, 3.63) is 33.8 Å². The topological polar surface area (TPSA) is 26.3 Å². The molecular weight excluding hydrogens is 267 g/mol. The van der Waals surface area contributed by atoms with E-state index < -0.39 is 0 Å². The predicted molar refractivity (Wildman–Crippen MR) is 69.2 cm³/mol. The van der Waals surface area contributed by atoms with Crippen LogP contribution in [-0.2, 0) is 15.3 Å². The number of halogens is 2. The van der Waals surface area contributed by atoms with E-state index in [0.29, 0.717) is 15.8 Å². The molecule has 88 valence electrons. The number of benzene rings is 1. The Hall–Kier alpha value is -0.380.